The first-order valence-electron chi connectivity index (χ1n) is 6.32. The minimum Gasteiger partial charge on any atom is -0.394 e. The highest BCUT2D eigenvalue weighted by atomic mass is 16.3. The quantitative estimate of drug-likeness (QED) is 0.597. The number of aliphatic hydroxyl groups excluding tert-OH is 2. The average Bonchev–Trinajstić information content (AvgIpc) is 2.15. The van der Waals surface area contributed by atoms with Gasteiger partial charge in [-0.3, -0.25) is 0 Å². The lowest BCUT2D eigenvalue weighted by Gasteiger charge is -2.33. The summed E-state index contributed by atoms with van der Waals surface area (Å²) in [6.45, 7) is 10.6. The van der Waals surface area contributed by atoms with E-state index in [4.69, 9.17) is 0 Å². The molecule has 0 aliphatic carbocycles. The van der Waals surface area contributed by atoms with Crippen LogP contribution < -0.4 is 5.32 Å². The van der Waals surface area contributed by atoms with Gasteiger partial charge in [0.2, 0.25) is 0 Å². The van der Waals surface area contributed by atoms with E-state index in [2.05, 4.69) is 33.0 Å². The van der Waals surface area contributed by atoms with E-state index in [1.165, 1.54) is 0 Å². The summed E-state index contributed by atoms with van der Waals surface area (Å²) in [5.41, 5.74) is -0.561. The number of rotatable bonds is 8. The Labute approximate surface area is 100 Å². The third-order valence-electron chi connectivity index (χ3n) is 2.76. The molecule has 0 saturated carbocycles. The van der Waals surface area contributed by atoms with Crippen LogP contribution in [-0.4, -0.2) is 35.0 Å². The van der Waals surface area contributed by atoms with Crippen LogP contribution in [0.3, 0.4) is 0 Å². The monoisotopic (exact) mass is 231 g/mol. The van der Waals surface area contributed by atoms with Gasteiger partial charge in [0.1, 0.15) is 0 Å². The molecule has 0 atom stereocenters. The highest BCUT2D eigenvalue weighted by molar-refractivity contribution is 4.86. The van der Waals surface area contributed by atoms with E-state index >= 15 is 0 Å². The fourth-order valence-electron chi connectivity index (χ4n) is 1.99. The van der Waals surface area contributed by atoms with Crippen LogP contribution in [0.5, 0.6) is 0 Å². The third-order valence-corrected chi connectivity index (χ3v) is 2.76. The van der Waals surface area contributed by atoms with Crippen LogP contribution in [0.25, 0.3) is 0 Å². The minimum absolute atomic E-state index is 0.0316. The Bertz CT molecular complexity index is 167. The van der Waals surface area contributed by atoms with E-state index in [9.17, 15) is 10.2 Å². The first kappa shape index (κ1) is 15.9. The van der Waals surface area contributed by atoms with E-state index in [1.807, 2.05) is 6.92 Å². The lowest BCUT2D eigenvalue weighted by atomic mass is 9.92. The highest BCUT2D eigenvalue weighted by Gasteiger charge is 2.26. The molecule has 3 N–H and O–H groups in total. The van der Waals surface area contributed by atoms with E-state index < -0.39 is 5.54 Å². The molecule has 0 aromatic rings. The molecule has 0 bridgehead atoms. The summed E-state index contributed by atoms with van der Waals surface area (Å²) >= 11 is 0. The Morgan fingerprint density at radius 2 is 1.31 bits per heavy atom. The molecule has 16 heavy (non-hydrogen) atoms. The van der Waals surface area contributed by atoms with Crippen LogP contribution in [0.2, 0.25) is 0 Å². The maximum absolute atomic E-state index is 9.28. The third kappa shape index (κ3) is 6.46. The van der Waals surface area contributed by atoms with Crippen molar-refractivity contribution in [2.45, 2.75) is 59.0 Å². The van der Waals surface area contributed by atoms with Crippen molar-refractivity contribution in [2.24, 2.45) is 11.8 Å². The zero-order valence-corrected chi connectivity index (χ0v) is 11.5. The average molecular weight is 231 g/mol. The first-order chi connectivity index (χ1) is 7.33. The molecule has 0 amide bonds. The Morgan fingerprint density at radius 1 is 0.938 bits per heavy atom. The van der Waals surface area contributed by atoms with Gasteiger partial charge in [-0.2, -0.15) is 0 Å². The van der Waals surface area contributed by atoms with E-state index in [0.29, 0.717) is 17.9 Å². The van der Waals surface area contributed by atoms with Gasteiger partial charge < -0.3 is 15.5 Å². The largest absolute Gasteiger partial charge is 0.394 e. The van der Waals surface area contributed by atoms with Gasteiger partial charge in [-0.1, -0.05) is 27.7 Å². The molecule has 0 aromatic heterocycles. The summed E-state index contributed by atoms with van der Waals surface area (Å²) in [6.07, 6.45) is 2.15. The second-order valence-corrected chi connectivity index (χ2v) is 5.98. The normalized spacial score (nSPS) is 13.1. The summed E-state index contributed by atoms with van der Waals surface area (Å²) in [7, 11) is 0. The lowest BCUT2D eigenvalue weighted by Crippen LogP contribution is -2.54. The topological polar surface area (TPSA) is 52.5 Å². The molecule has 0 radical (unpaired) electrons. The van der Waals surface area contributed by atoms with Crippen molar-refractivity contribution in [1.82, 2.24) is 5.32 Å². The first-order valence-corrected chi connectivity index (χ1v) is 6.32. The van der Waals surface area contributed by atoms with Crippen LogP contribution in [0.1, 0.15) is 47.5 Å². The maximum atomic E-state index is 9.28. The van der Waals surface area contributed by atoms with E-state index in [1.54, 1.807) is 0 Å². The molecule has 0 spiro atoms. The van der Waals surface area contributed by atoms with Gasteiger partial charge in [-0.15, -0.1) is 0 Å². The second-order valence-electron chi connectivity index (χ2n) is 5.98. The smallest absolute Gasteiger partial charge is 0.0633 e. The van der Waals surface area contributed by atoms with Gasteiger partial charge in [-0.05, 0) is 31.6 Å². The van der Waals surface area contributed by atoms with Crippen molar-refractivity contribution < 1.29 is 10.2 Å². The van der Waals surface area contributed by atoms with Gasteiger partial charge in [-0.25, -0.2) is 0 Å². The molecule has 0 fully saturated rings. The number of hydrogen-bond acceptors (Lipinski definition) is 3. The van der Waals surface area contributed by atoms with Gasteiger partial charge in [0, 0.05) is 6.04 Å². The number of nitrogens with one attached hydrogen (secondary N) is 1. The summed E-state index contributed by atoms with van der Waals surface area (Å²) in [6, 6.07) is 0.365. The minimum atomic E-state index is -0.561. The fourth-order valence-corrected chi connectivity index (χ4v) is 1.99. The zero-order valence-electron chi connectivity index (χ0n) is 11.5. The number of hydrogen-bond donors (Lipinski definition) is 3. The Kier molecular flexibility index (Phi) is 7.20. The van der Waals surface area contributed by atoms with Crippen molar-refractivity contribution >= 4 is 0 Å². The molecule has 0 aliphatic heterocycles. The Hall–Kier alpha value is -0.120. The lowest BCUT2D eigenvalue weighted by molar-refractivity contribution is 0.0876. The van der Waals surface area contributed by atoms with Gasteiger partial charge in [0.15, 0.2) is 0 Å². The summed E-state index contributed by atoms with van der Waals surface area (Å²) < 4.78 is 0. The molecule has 0 unspecified atom stereocenters. The van der Waals surface area contributed by atoms with Crippen LogP contribution in [0, 0.1) is 11.8 Å². The SMILES string of the molecule is CC(C)CC(CC(C)C)NC(C)(CO)CO. The van der Waals surface area contributed by atoms with Crippen LogP contribution >= 0.6 is 0 Å². The summed E-state index contributed by atoms with van der Waals surface area (Å²) in [4.78, 5) is 0. The molecular weight excluding hydrogens is 202 g/mol. The molecule has 0 heterocycles. The predicted octanol–water partition coefficient (Wildman–Crippen LogP) is 1.78. The zero-order chi connectivity index (χ0) is 12.8. The van der Waals surface area contributed by atoms with E-state index in [-0.39, 0.29) is 13.2 Å². The Morgan fingerprint density at radius 3 is 1.56 bits per heavy atom. The Balaban J connectivity index is 4.39. The van der Waals surface area contributed by atoms with Crippen molar-refractivity contribution in [3.8, 4) is 0 Å². The second kappa shape index (κ2) is 7.25. The summed E-state index contributed by atoms with van der Waals surface area (Å²) in [5, 5.41) is 22.0. The molecule has 98 valence electrons. The van der Waals surface area contributed by atoms with E-state index in [0.717, 1.165) is 12.8 Å². The molecule has 0 aromatic carbocycles. The molecule has 0 aliphatic rings. The van der Waals surface area contributed by atoms with Crippen molar-refractivity contribution in [2.75, 3.05) is 13.2 Å². The van der Waals surface area contributed by atoms with Gasteiger partial charge in [0.25, 0.3) is 0 Å². The molecular formula is C13H29NO2. The number of aliphatic hydroxyl groups is 2. The highest BCUT2D eigenvalue weighted by Crippen LogP contribution is 2.16. The van der Waals surface area contributed by atoms with Crippen molar-refractivity contribution in [3.05, 3.63) is 0 Å². The molecule has 0 rings (SSSR count). The van der Waals surface area contributed by atoms with Crippen LogP contribution in [-0.2, 0) is 0 Å². The van der Waals surface area contributed by atoms with Crippen LogP contribution in [0.4, 0.5) is 0 Å². The molecule has 3 nitrogen and oxygen atoms in total. The van der Waals surface area contributed by atoms with Gasteiger partial charge in [0.05, 0.1) is 18.8 Å². The maximum Gasteiger partial charge on any atom is 0.0633 e. The molecule has 3 heteroatoms. The van der Waals surface area contributed by atoms with Gasteiger partial charge >= 0.3 is 0 Å². The summed E-state index contributed by atoms with van der Waals surface area (Å²) in [5.74, 6) is 1.25. The van der Waals surface area contributed by atoms with Crippen LogP contribution in [0.15, 0.2) is 0 Å². The standard InChI is InChI=1S/C13H29NO2/c1-10(2)6-12(7-11(3)4)14-13(5,8-15)9-16/h10-12,14-16H,6-9H2,1-5H3. The predicted molar refractivity (Wildman–Crippen MR) is 68.4 cm³/mol. The molecule has 0 saturated heterocycles. The van der Waals surface area contributed by atoms with Crippen molar-refractivity contribution in [1.29, 1.82) is 0 Å². The van der Waals surface area contributed by atoms with Crippen molar-refractivity contribution in [3.63, 3.8) is 0 Å². The fraction of sp³-hybridized carbons (Fsp3) is 1.00.